The second kappa shape index (κ2) is 6.08. The van der Waals surface area contributed by atoms with Crippen molar-refractivity contribution < 1.29 is 18.0 Å². The molecule has 1 aromatic rings. The second-order valence-electron chi connectivity index (χ2n) is 4.61. The van der Waals surface area contributed by atoms with Crippen LogP contribution in [-0.2, 0) is 6.18 Å². The zero-order valence-electron chi connectivity index (χ0n) is 11.1. The smallest absolute Gasteiger partial charge is 0.398 e. The van der Waals surface area contributed by atoms with E-state index in [4.69, 9.17) is 5.73 Å². The molecule has 1 aromatic carbocycles. The zero-order chi connectivity index (χ0) is 14.6. The summed E-state index contributed by atoms with van der Waals surface area (Å²) in [5, 5.41) is 0. The Kier molecular flexibility index (Phi) is 4.97. The average Bonchev–Trinajstić information content (AvgIpc) is 2.34. The van der Waals surface area contributed by atoms with Gasteiger partial charge >= 0.3 is 6.18 Å². The van der Waals surface area contributed by atoms with Crippen molar-refractivity contribution in [2.45, 2.75) is 39.3 Å². The summed E-state index contributed by atoms with van der Waals surface area (Å²) in [4.78, 5) is 12.0. The Morgan fingerprint density at radius 1 is 1.26 bits per heavy atom. The molecule has 0 saturated heterocycles. The van der Waals surface area contributed by atoms with Crippen LogP contribution in [0.15, 0.2) is 18.2 Å². The summed E-state index contributed by atoms with van der Waals surface area (Å²) >= 11 is 0. The monoisotopic (exact) mass is 273 g/mol. The van der Waals surface area contributed by atoms with Crippen molar-refractivity contribution in [2.24, 2.45) is 5.92 Å². The van der Waals surface area contributed by atoms with Gasteiger partial charge in [0.15, 0.2) is 5.78 Å². The lowest BCUT2D eigenvalue weighted by Gasteiger charge is -2.14. The highest BCUT2D eigenvalue weighted by Crippen LogP contribution is 2.32. The Hall–Kier alpha value is -1.52. The maximum absolute atomic E-state index is 12.6. The van der Waals surface area contributed by atoms with Gasteiger partial charge in [-0.1, -0.05) is 26.7 Å². The number of Topliss-reactive ketones (excluding diaryl/α,β-unsaturated/α-hetero) is 1. The van der Waals surface area contributed by atoms with Crippen LogP contribution in [0.25, 0.3) is 0 Å². The lowest BCUT2D eigenvalue weighted by atomic mass is 9.92. The molecule has 1 rings (SSSR count). The van der Waals surface area contributed by atoms with Crippen LogP contribution in [0.1, 0.15) is 49.0 Å². The summed E-state index contributed by atoms with van der Waals surface area (Å²) in [6.07, 6.45) is -2.58. The van der Waals surface area contributed by atoms with E-state index in [1.807, 2.05) is 13.8 Å². The molecule has 0 aliphatic rings. The maximum Gasteiger partial charge on any atom is 0.416 e. The molecule has 0 aliphatic heterocycles. The number of rotatable bonds is 5. The molecule has 0 heterocycles. The molecule has 2 nitrogen and oxygen atoms in total. The number of alkyl halides is 3. The molecule has 0 aliphatic carbocycles. The quantitative estimate of drug-likeness (QED) is 0.642. The lowest BCUT2D eigenvalue weighted by molar-refractivity contribution is -0.137. The van der Waals surface area contributed by atoms with E-state index >= 15 is 0 Å². The normalized spacial score (nSPS) is 11.9. The van der Waals surface area contributed by atoms with Crippen LogP contribution in [0.5, 0.6) is 0 Å². The second-order valence-corrected chi connectivity index (χ2v) is 4.61. The summed E-state index contributed by atoms with van der Waals surface area (Å²) < 4.78 is 37.8. The van der Waals surface area contributed by atoms with Gasteiger partial charge in [0.25, 0.3) is 0 Å². The number of hydrogen-bond donors (Lipinski definition) is 1. The SMILES string of the molecule is CCC(CC)CC(=O)c1cc(C(F)(F)F)ccc1N. The van der Waals surface area contributed by atoms with Gasteiger partial charge in [-0.3, -0.25) is 4.79 Å². The molecule has 0 fully saturated rings. The average molecular weight is 273 g/mol. The fourth-order valence-corrected chi connectivity index (χ4v) is 1.92. The highest BCUT2D eigenvalue weighted by Gasteiger charge is 2.31. The van der Waals surface area contributed by atoms with E-state index in [2.05, 4.69) is 0 Å². The van der Waals surface area contributed by atoms with E-state index < -0.39 is 11.7 Å². The molecular formula is C14H18F3NO. The van der Waals surface area contributed by atoms with Gasteiger partial charge in [0, 0.05) is 17.7 Å². The number of carbonyl (C=O) groups is 1. The standard InChI is InChI=1S/C14H18F3NO/c1-3-9(4-2)7-13(19)11-8-10(14(15,16)17)5-6-12(11)18/h5-6,8-9H,3-4,7,18H2,1-2H3. The van der Waals surface area contributed by atoms with Crippen LogP contribution in [0.3, 0.4) is 0 Å². The van der Waals surface area contributed by atoms with Crippen LogP contribution in [-0.4, -0.2) is 5.78 Å². The van der Waals surface area contributed by atoms with E-state index in [9.17, 15) is 18.0 Å². The Morgan fingerprint density at radius 2 is 1.84 bits per heavy atom. The van der Waals surface area contributed by atoms with Crippen molar-refractivity contribution in [1.29, 1.82) is 0 Å². The number of anilines is 1. The number of nitrogen functional groups attached to an aromatic ring is 1. The third-order valence-electron chi connectivity index (χ3n) is 3.31. The molecule has 0 saturated carbocycles. The zero-order valence-corrected chi connectivity index (χ0v) is 11.1. The van der Waals surface area contributed by atoms with E-state index in [0.29, 0.717) is 0 Å². The van der Waals surface area contributed by atoms with Crippen LogP contribution >= 0.6 is 0 Å². The highest BCUT2D eigenvalue weighted by molar-refractivity contribution is 6.01. The summed E-state index contributed by atoms with van der Waals surface area (Å²) in [5.41, 5.74) is 4.84. The minimum Gasteiger partial charge on any atom is -0.398 e. The number of carbonyl (C=O) groups excluding carboxylic acids is 1. The number of benzene rings is 1. The van der Waals surface area contributed by atoms with Crippen molar-refractivity contribution in [3.05, 3.63) is 29.3 Å². The summed E-state index contributed by atoms with van der Waals surface area (Å²) in [7, 11) is 0. The Morgan fingerprint density at radius 3 is 2.32 bits per heavy atom. The van der Waals surface area contributed by atoms with Gasteiger partial charge in [0.2, 0.25) is 0 Å². The molecule has 5 heteroatoms. The minimum atomic E-state index is -4.46. The Bertz CT molecular complexity index is 450. The van der Waals surface area contributed by atoms with E-state index in [0.717, 1.165) is 31.0 Å². The lowest BCUT2D eigenvalue weighted by Crippen LogP contribution is -2.12. The number of hydrogen-bond acceptors (Lipinski definition) is 2. The highest BCUT2D eigenvalue weighted by atomic mass is 19.4. The molecule has 106 valence electrons. The van der Waals surface area contributed by atoms with Crippen molar-refractivity contribution in [2.75, 3.05) is 5.73 Å². The first-order valence-corrected chi connectivity index (χ1v) is 6.29. The fraction of sp³-hybridized carbons (Fsp3) is 0.500. The predicted octanol–water partition coefficient (Wildman–Crippen LogP) is 4.30. The van der Waals surface area contributed by atoms with Gasteiger partial charge in [-0.2, -0.15) is 13.2 Å². The molecule has 19 heavy (non-hydrogen) atoms. The number of halogens is 3. The first-order valence-electron chi connectivity index (χ1n) is 6.29. The molecule has 0 aromatic heterocycles. The van der Waals surface area contributed by atoms with Gasteiger partial charge < -0.3 is 5.73 Å². The van der Waals surface area contributed by atoms with Crippen LogP contribution in [0.4, 0.5) is 18.9 Å². The largest absolute Gasteiger partial charge is 0.416 e. The molecule has 0 bridgehead atoms. The molecule has 0 amide bonds. The topological polar surface area (TPSA) is 43.1 Å². The number of ketones is 1. The summed E-state index contributed by atoms with van der Waals surface area (Å²) in [5.74, 6) is -0.140. The molecular weight excluding hydrogens is 255 g/mol. The van der Waals surface area contributed by atoms with Gasteiger partial charge in [0.1, 0.15) is 0 Å². The molecule has 0 radical (unpaired) electrons. The summed E-state index contributed by atoms with van der Waals surface area (Å²) in [6.45, 7) is 3.91. The fourth-order valence-electron chi connectivity index (χ4n) is 1.92. The van der Waals surface area contributed by atoms with Crippen molar-refractivity contribution >= 4 is 11.5 Å². The van der Waals surface area contributed by atoms with Crippen molar-refractivity contribution in [3.8, 4) is 0 Å². The first-order chi connectivity index (χ1) is 8.79. The third kappa shape index (κ3) is 3.98. The van der Waals surface area contributed by atoms with Gasteiger partial charge in [-0.15, -0.1) is 0 Å². The Balaban J connectivity index is 3.02. The van der Waals surface area contributed by atoms with Crippen LogP contribution in [0.2, 0.25) is 0 Å². The van der Waals surface area contributed by atoms with Gasteiger partial charge in [-0.25, -0.2) is 0 Å². The molecule has 0 atom stereocenters. The minimum absolute atomic E-state index is 0.0262. The molecule has 0 unspecified atom stereocenters. The van der Waals surface area contributed by atoms with Gasteiger partial charge in [-0.05, 0) is 24.1 Å². The van der Waals surface area contributed by atoms with Crippen LogP contribution < -0.4 is 5.73 Å². The van der Waals surface area contributed by atoms with E-state index in [-0.39, 0.29) is 29.4 Å². The maximum atomic E-state index is 12.6. The Labute approximate surface area is 110 Å². The molecule has 2 N–H and O–H groups in total. The first kappa shape index (κ1) is 15.5. The number of nitrogens with two attached hydrogens (primary N) is 1. The van der Waals surface area contributed by atoms with E-state index in [1.165, 1.54) is 0 Å². The summed E-state index contributed by atoms with van der Waals surface area (Å²) in [6, 6.07) is 2.88. The van der Waals surface area contributed by atoms with Crippen LogP contribution in [0, 0.1) is 5.92 Å². The third-order valence-corrected chi connectivity index (χ3v) is 3.31. The van der Waals surface area contributed by atoms with E-state index in [1.54, 1.807) is 0 Å². The predicted molar refractivity (Wildman–Crippen MR) is 68.9 cm³/mol. The molecule has 0 spiro atoms. The van der Waals surface area contributed by atoms with Crippen molar-refractivity contribution in [1.82, 2.24) is 0 Å². The van der Waals surface area contributed by atoms with Gasteiger partial charge in [0.05, 0.1) is 5.56 Å². The van der Waals surface area contributed by atoms with Crippen molar-refractivity contribution in [3.63, 3.8) is 0 Å².